The molecule has 1 amide bonds. The van der Waals surface area contributed by atoms with Crippen LogP contribution in [0, 0.1) is 0 Å². The molecule has 88 heavy (non-hydrogen) atoms. The van der Waals surface area contributed by atoms with Crippen LogP contribution >= 0.6 is 0 Å². The van der Waals surface area contributed by atoms with Gasteiger partial charge in [0.2, 0.25) is 5.91 Å². The molecule has 2 atom stereocenters. The zero-order chi connectivity index (χ0) is 63.5. The second-order valence-electron chi connectivity index (χ2n) is 28.5. The SMILES string of the molecule is CCCCCCCCCCCCCCCCC/C=C/C(O)C(CO)NC(=O)CCCCCCCCCCCCCCCCCCCCCCCCCCCCCCCCCCCCCCCOC(=O)CCCCCCCCCCCCCCCCCCC. The molecule has 0 spiro atoms. The van der Waals surface area contributed by atoms with Gasteiger partial charge in [-0.15, -0.1) is 0 Å². The lowest BCUT2D eigenvalue weighted by atomic mass is 10.0. The summed E-state index contributed by atoms with van der Waals surface area (Å²) in [7, 11) is 0. The highest BCUT2D eigenvalue weighted by Crippen LogP contribution is 2.21. The van der Waals surface area contributed by atoms with Crippen LogP contribution in [0.5, 0.6) is 0 Å². The largest absolute Gasteiger partial charge is 0.466 e. The monoisotopic (exact) mass is 1240 g/mol. The van der Waals surface area contributed by atoms with E-state index < -0.39 is 12.1 Å². The molecule has 0 heterocycles. The van der Waals surface area contributed by atoms with Crippen molar-refractivity contribution in [3.8, 4) is 0 Å². The number of carbonyl (C=O) groups excluding carboxylic acids is 2. The number of hydrogen-bond acceptors (Lipinski definition) is 5. The minimum absolute atomic E-state index is 0.0284. The van der Waals surface area contributed by atoms with E-state index in [4.69, 9.17) is 4.74 Å². The third-order valence-electron chi connectivity index (χ3n) is 19.6. The van der Waals surface area contributed by atoms with Crippen molar-refractivity contribution in [3.05, 3.63) is 12.2 Å². The van der Waals surface area contributed by atoms with E-state index in [-0.39, 0.29) is 18.5 Å². The lowest BCUT2D eigenvalue weighted by Gasteiger charge is -2.20. The summed E-state index contributed by atoms with van der Waals surface area (Å²) in [5, 5.41) is 23.2. The Bertz CT molecular complexity index is 1340. The Balaban J connectivity index is 3.30. The van der Waals surface area contributed by atoms with Crippen LogP contribution in [0.4, 0.5) is 0 Å². The Morgan fingerprint density at radius 3 is 0.773 bits per heavy atom. The number of aliphatic hydroxyl groups is 2. The summed E-state index contributed by atoms with van der Waals surface area (Å²) in [5.41, 5.74) is 0. The van der Waals surface area contributed by atoms with Crippen molar-refractivity contribution < 1.29 is 24.5 Å². The third kappa shape index (κ3) is 73.6. The van der Waals surface area contributed by atoms with Gasteiger partial charge in [-0.1, -0.05) is 443 Å². The third-order valence-corrected chi connectivity index (χ3v) is 19.6. The van der Waals surface area contributed by atoms with E-state index in [2.05, 4.69) is 19.2 Å². The lowest BCUT2D eigenvalue weighted by molar-refractivity contribution is -0.143. The van der Waals surface area contributed by atoms with E-state index in [1.165, 1.54) is 411 Å². The molecule has 524 valence electrons. The van der Waals surface area contributed by atoms with Crippen LogP contribution in [-0.2, 0) is 14.3 Å². The van der Waals surface area contributed by atoms with Gasteiger partial charge in [-0.25, -0.2) is 0 Å². The Morgan fingerprint density at radius 2 is 0.523 bits per heavy atom. The zero-order valence-electron chi connectivity index (χ0n) is 60.3. The minimum atomic E-state index is -0.840. The molecular weight excluding hydrogens is 1080 g/mol. The molecule has 3 N–H and O–H groups in total. The summed E-state index contributed by atoms with van der Waals surface area (Å²) in [6.45, 7) is 4.97. The highest BCUT2D eigenvalue weighted by molar-refractivity contribution is 5.76. The zero-order valence-corrected chi connectivity index (χ0v) is 60.3. The first-order valence-corrected chi connectivity index (χ1v) is 41.0. The predicted octanol–water partition coefficient (Wildman–Crippen LogP) is 27.1. The van der Waals surface area contributed by atoms with Gasteiger partial charge in [0.05, 0.1) is 25.4 Å². The Kier molecular flexibility index (Phi) is 76.8. The molecule has 0 saturated carbocycles. The number of aliphatic hydroxyl groups excluding tert-OH is 2. The second kappa shape index (κ2) is 78.0. The molecule has 0 saturated heterocycles. The number of carbonyl (C=O) groups is 2. The first-order chi connectivity index (χ1) is 43.5. The second-order valence-corrected chi connectivity index (χ2v) is 28.5. The molecule has 2 unspecified atom stereocenters. The molecule has 0 aliphatic rings. The average Bonchev–Trinajstić information content (AvgIpc) is 3.58. The molecule has 0 bridgehead atoms. The molecule has 6 nitrogen and oxygen atoms in total. The first-order valence-electron chi connectivity index (χ1n) is 41.0. The van der Waals surface area contributed by atoms with Crippen LogP contribution in [0.2, 0.25) is 0 Å². The number of unbranched alkanes of at least 4 members (excludes halogenated alkanes) is 67. The molecule has 6 heteroatoms. The predicted molar refractivity (Wildman–Crippen MR) is 389 cm³/mol. The smallest absolute Gasteiger partial charge is 0.305 e. The van der Waals surface area contributed by atoms with Crippen LogP contribution in [0.1, 0.15) is 476 Å². The number of nitrogens with one attached hydrogen (secondary N) is 1. The summed E-state index contributed by atoms with van der Waals surface area (Å²) in [6, 6.07) is -0.623. The highest BCUT2D eigenvalue weighted by atomic mass is 16.5. The van der Waals surface area contributed by atoms with Crippen LogP contribution < -0.4 is 5.32 Å². The van der Waals surface area contributed by atoms with Crippen LogP contribution in [-0.4, -0.2) is 47.4 Å². The van der Waals surface area contributed by atoms with Crippen LogP contribution in [0.15, 0.2) is 12.2 Å². The first kappa shape index (κ1) is 86.6. The Morgan fingerprint density at radius 1 is 0.307 bits per heavy atom. The number of amides is 1. The summed E-state index contributed by atoms with van der Waals surface area (Å²) >= 11 is 0. The van der Waals surface area contributed by atoms with Crippen molar-refractivity contribution in [1.29, 1.82) is 0 Å². The Hall–Kier alpha value is -1.40. The van der Waals surface area contributed by atoms with Crippen molar-refractivity contribution in [1.82, 2.24) is 5.32 Å². The fourth-order valence-electron chi connectivity index (χ4n) is 13.3. The molecule has 0 aromatic heterocycles. The molecule has 0 aromatic rings. The standard InChI is InChI=1S/C82H161NO5/c1-3-5-7-9-11-13-15-17-19-42-46-50-54-58-62-66-70-74-80(85)79(78-84)83-81(86)75-71-67-63-59-55-51-47-44-40-38-36-34-32-30-28-26-24-22-21-23-25-27-29-31-33-35-37-39-41-45-49-53-57-61-65-69-73-77-88-82(87)76-72-68-64-60-56-52-48-43-20-18-16-14-12-10-8-6-4-2/h70,74,79-80,84-85H,3-69,71-73,75-78H2,1-2H3,(H,83,86)/b74-70+. The summed E-state index contributed by atoms with van der Waals surface area (Å²) < 4.78 is 5.52. The van der Waals surface area contributed by atoms with Gasteiger partial charge in [0.1, 0.15) is 0 Å². The summed E-state index contributed by atoms with van der Waals surface area (Å²) in [4.78, 5) is 24.6. The number of esters is 1. The van der Waals surface area contributed by atoms with E-state index in [0.29, 0.717) is 19.4 Å². The quantitative estimate of drug-likeness (QED) is 0.0320. The maximum absolute atomic E-state index is 12.5. The summed E-state index contributed by atoms with van der Waals surface area (Å²) in [5.74, 6) is -0.0295. The van der Waals surface area contributed by atoms with Crippen molar-refractivity contribution in [2.24, 2.45) is 0 Å². The van der Waals surface area contributed by atoms with Crippen molar-refractivity contribution in [2.75, 3.05) is 13.2 Å². The highest BCUT2D eigenvalue weighted by Gasteiger charge is 2.18. The normalized spacial score (nSPS) is 12.5. The molecular formula is C82H161NO5. The number of hydrogen-bond donors (Lipinski definition) is 3. The molecule has 0 rings (SSSR count). The van der Waals surface area contributed by atoms with Crippen molar-refractivity contribution in [2.45, 2.75) is 488 Å². The number of ether oxygens (including phenoxy) is 1. The summed E-state index contributed by atoms with van der Waals surface area (Å²) in [6.07, 6.45) is 99.3. The van der Waals surface area contributed by atoms with E-state index in [1.807, 2.05) is 6.08 Å². The van der Waals surface area contributed by atoms with Gasteiger partial charge in [0.25, 0.3) is 0 Å². The molecule has 0 radical (unpaired) electrons. The van der Waals surface area contributed by atoms with E-state index in [9.17, 15) is 19.8 Å². The van der Waals surface area contributed by atoms with E-state index in [1.54, 1.807) is 6.08 Å². The number of allylic oxidation sites excluding steroid dienone is 1. The average molecular weight is 1240 g/mol. The van der Waals surface area contributed by atoms with Crippen LogP contribution in [0.25, 0.3) is 0 Å². The van der Waals surface area contributed by atoms with Crippen molar-refractivity contribution in [3.63, 3.8) is 0 Å². The van der Waals surface area contributed by atoms with Crippen molar-refractivity contribution >= 4 is 11.9 Å². The van der Waals surface area contributed by atoms with Gasteiger partial charge in [0, 0.05) is 12.8 Å². The van der Waals surface area contributed by atoms with Gasteiger partial charge in [-0.05, 0) is 32.1 Å². The van der Waals surface area contributed by atoms with E-state index >= 15 is 0 Å². The van der Waals surface area contributed by atoms with Gasteiger partial charge < -0.3 is 20.3 Å². The fourth-order valence-corrected chi connectivity index (χ4v) is 13.3. The topological polar surface area (TPSA) is 95.9 Å². The van der Waals surface area contributed by atoms with Gasteiger partial charge in [-0.3, -0.25) is 9.59 Å². The van der Waals surface area contributed by atoms with Gasteiger partial charge >= 0.3 is 5.97 Å². The lowest BCUT2D eigenvalue weighted by Crippen LogP contribution is -2.45. The fraction of sp³-hybridized carbons (Fsp3) is 0.951. The number of rotatable bonds is 78. The van der Waals surface area contributed by atoms with Gasteiger partial charge in [-0.2, -0.15) is 0 Å². The van der Waals surface area contributed by atoms with E-state index in [0.717, 1.165) is 38.5 Å². The molecule has 0 fully saturated rings. The molecule has 0 aromatic carbocycles. The maximum atomic E-state index is 12.5. The molecule has 0 aliphatic heterocycles. The Labute approximate surface area is 552 Å². The molecule has 0 aliphatic carbocycles. The maximum Gasteiger partial charge on any atom is 0.305 e. The van der Waals surface area contributed by atoms with Crippen LogP contribution in [0.3, 0.4) is 0 Å². The van der Waals surface area contributed by atoms with Gasteiger partial charge in [0.15, 0.2) is 0 Å². The minimum Gasteiger partial charge on any atom is -0.466 e.